The molecule has 0 atom stereocenters. The Bertz CT molecular complexity index is 911. The average Bonchev–Trinajstić information content (AvgIpc) is 2.54. The van der Waals surface area contributed by atoms with Crippen LogP contribution in [-0.2, 0) is 6.18 Å². The summed E-state index contributed by atoms with van der Waals surface area (Å²) in [5, 5.41) is 3.66. The lowest BCUT2D eigenvalue weighted by molar-refractivity contribution is -0.137. The molecule has 3 aromatic rings. The maximum atomic E-state index is 12.8. The normalized spacial score (nSPS) is 11.0. The second-order valence-corrected chi connectivity index (χ2v) is 5.15. The Kier molecular flexibility index (Phi) is 5.18. The SMILES string of the molecule is Cl.NC(=O)c1ccc(Nc2ccnc3cc(C(F)(F)F)ccc23)cc1. The molecule has 8 heteroatoms. The first-order valence-corrected chi connectivity index (χ1v) is 6.97. The van der Waals surface area contributed by atoms with Gasteiger partial charge in [0.25, 0.3) is 0 Å². The molecule has 4 nitrogen and oxygen atoms in total. The van der Waals surface area contributed by atoms with E-state index in [1.807, 2.05) is 0 Å². The number of hydrogen-bond donors (Lipinski definition) is 2. The summed E-state index contributed by atoms with van der Waals surface area (Å²) in [4.78, 5) is 15.1. The molecule has 25 heavy (non-hydrogen) atoms. The number of halogens is 4. The molecule has 0 fully saturated rings. The fourth-order valence-electron chi connectivity index (χ4n) is 2.31. The molecule has 1 heterocycles. The van der Waals surface area contributed by atoms with Crippen molar-refractivity contribution in [1.82, 2.24) is 4.98 Å². The van der Waals surface area contributed by atoms with Crippen LogP contribution in [0.3, 0.4) is 0 Å². The molecule has 0 saturated carbocycles. The number of benzene rings is 2. The van der Waals surface area contributed by atoms with Gasteiger partial charge < -0.3 is 11.1 Å². The fourth-order valence-corrected chi connectivity index (χ4v) is 2.31. The molecule has 130 valence electrons. The minimum Gasteiger partial charge on any atom is -0.366 e. The predicted octanol–water partition coefficient (Wildman–Crippen LogP) is 4.52. The molecule has 3 N–H and O–H groups in total. The lowest BCUT2D eigenvalue weighted by Crippen LogP contribution is -2.10. The van der Waals surface area contributed by atoms with Crippen molar-refractivity contribution in [3.63, 3.8) is 0 Å². The molecular weight excluding hydrogens is 355 g/mol. The van der Waals surface area contributed by atoms with E-state index in [1.54, 1.807) is 30.3 Å². The van der Waals surface area contributed by atoms with Gasteiger partial charge in [0.15, 0.2) is 0 Å². The monoisotopic (exact) mass is 367 g/mol. The van der Waals surface area contributed by atoms with Crippen LogP contribution < -0.4 is 11.1 Å². The summed E-state index contributed by atoms with van der Waals surface area (Å²) in [6.07, 6.45) is -2.98. The summed E-state index contributed by atoms with van der Waals surface area (Å²) < 4.78 is 38.4. The van der Waals surface area contributed by atoms with Crippen LogP contribution >= 0.6 is 12.4 Å². The third kappa shape index (κ3) is 4.00. The van der Waals surface area contributed by atoms with Crippen LogP contribution in [0.15, 0.2) is 54.7 Å². The lowest BCUT2D eigenvalue weighted by Gasteiger charge is -2.12. The minimum atomic E-state index is -4.41. The van der Waals surface area contributed by atoms with Gasteiger partial charge in [0, 0.05) is 28.5 Å². The second-order valence-electron chi connectivity index (χ2n) is 5.15. The van der Waals surface area contributed by atoms with Crippen LogP contribution in [0.25, 0.3) is 10.9 Å². The Labute approximate surface area is 147 Å². The number of hydrogen-bond acceptors (Lipinski definition) is 3. The highest BCUT2D eigenvalue weighted by Gasteiger charge is 2.30. The maximum absolute atomic E-state index is 12.8. The van der Waals surface area contributed by atoms with E-state index in [-0.39, 0.29) is 17.9 Å². The number of nitrogens with zero attached hydrogens (tertiary/aromatic N) is 1. The van der Waals surface area contributed by atoms with E-state index < -0.39 is 17.6 Å². The Morgan fingerprint density at radius 3 is 2.32 bits per heavy atom. The number of alkyl halides is 3. The van der Waals surface area contributed by atoms with Crippen LogP contribution in [0.4, 0.5) is 24.5 Å². The first kappa shape index (κ1) is 18.5. The molecule has 3 rings (SSSR count). The highest BCUT2D eigenvalue weighted by atomic mass is 35.5. The van der Waals surface area contributed by atoms with Crippen molar-refractivity contribution in [3.05, 3.63) is 65.9 Å². The van der Waals surface area contributed by atoms with Crippen molar-refractivity contribution in [2.24, 2.45) is 5.73 Å². The van der Waals surface area contributed by atoms with Crippen molar-refractivity contribution in [1.29, 1.82) is 0 Å². The van der Waals surface area contributed by atoms with Gasteiger partial charge in [-0.1, -0.05) is 6.07 Å². The highest BCUT2D eigenvalue weighted by molar-refractivity contribution is 5.95. The number of amides is 1. The van der Waals surface area contributed by atoms with Gasteiger partial charge in [-0.25, -0.2) is 0 Å². The Morgan fingerprint density at radius 1 is 1.04 bits per heavy atom. The topological polar surface area (TPSA) is 68.0 Å². The molecule has 0 saturated heterocycles. The highest BCUT2D eigenvalue weighted by Crippen LogP contribution is 2.33. The Hall–Kier alpha value is -2.80. The molecule has 1 aromatic heterocycles. The molecule has 2 aromatic carbocycles. The molecule has 0 aliphatic carbocycles. The van der Waals surface area contributed by atoms with Crippen molar-refractivity contribution >= 4 is 40.6 Å². The van der Waals surface area contributed by atoms with Crippen molar-refractivity contribution in [3.8, 4) is 0 Å². The van der Waals surface area contributed by atoms with Crippen molar-refractivity contribution < 1.29 is 18.0 Å². The lowest BCUT2D eigenvalue weighted by atomic mass is 10.1. The van der Waals surface area contributed by atoms with E-state index in [9.17, 15) is 18.0 Å². The number of carbonyl (C=O) groups excluding carboxylic acids is 1. The van der Waals surface area contributed by atoms with Crippen molar-refractivity contribution in [2.45, 2.75) is 6.18 Å². The van der Waals surface area contributed by atoms with Crippen LogP contribution in [0.5, 0.6) is 0 Å². The molecule has 0 bridgehead atoms. The number of anilines is 2. The van der Waals surface area contributed by atoms with E-state index in [4.69, 9.17) is 5.73 Å². The number of carbonyl (C=O) groups is 1. The van der Waals surface area contributed by atoms with Crippen LogP contribution in [0, 0.1) is 0 Å². The number of nitrogens with two attached hydrogens (primary N) is 1. The van der Waals surface area contributed by atoms with Crippen molar-refractivity contribution in [2.75, 3.05) is 5.32 Å². The van der Waals surface area contributed by atoms with Gasteiger partial charge in [0.05, 0.1) is 11.1 Å². The predicted molar refractivity (Wildman–Crippen MR) is 92.2 cm³/mol. The van der Waals surface area contributed by atoms with E-state index in [1.165, 1.54) is 12.3 Å². The van der Waals surface area contributed by atoms with E-state index in [0.717, 1.165) is 12.1 Å². The summed E-state index contributed by atoms with van der Waals surface area (Å²) in [5.74, 6) is -0.532. The molecule has 0 radical (unpaired) electrons. The average molecular weight is 368 g/mol. The fraction of sp³-hybridized carbons (Fsp3) is 0.0588. The number of fused-ring (bicyclic) bond motifs is 1. The standard InChI is InChI=1S/C17H12F3N3O.ClH/c18-17(19,20)11-3-6-13-14(7-8-22-15(13)9-11)23-12-4-1-10(2-5-12)16(21)24;/h1-9H,(H2,21,24)(H,22,23);1H. The van der Waals surface area contributed by atoms with E-state index in [2.05, 4.69) is 10.3 Å². The Balaban J connectivity index is 0.00000225. The van der Waals surface area contributed by atoms with Crippen LogP contribution in [-0.4, -0.2) is 10.9 Å². The van der Waals surface area contributed by atoms with Crippen LogP contribution in [0.1, 0.15) is 15.9 Å². The summed E-state index contributed by atoms with van der Waals surface area (Å²) in [6.45, 7) is 0. The van der Waals surface area contributed by atoms with Gasteiger partial charge in [-0.2, -0.15) is 13.2 Å². The first-order chi connectivity index (χ1) is 11.3. The number of rotatable bonds is 3. The molecular formula is C17H13ClF3N3O. The third-order valence-corrected chi connectivity index (χ3v) is 3.52. The zero-order chi connectivity index (χ0) is 17.3. The molecule has 0 spiro atoms. The summed E-state index contributed by atoms with van der Waals surface area (Å²) in [6, 6.07) is 11.5. The largest absolute Gasteiger partial charge is 0.416 e. The van der Waals surface area contributed by atoms with Gasteiger partial charge >= 0.3 is 6.18 Å². The summed E-state index contributed by atoms with van der Waals surface area (Å²) in [5.41, 5.74) is 6.33. The zero-order valence-electron chi connectivity index (χ0n) is 12.7. The minimum absolute atomic E-state index is 0. The summed E-state index contributed by atoms with van der Waals surface area (Å²) >= 11 is 0. The first-order valence-electron chi connectivity index (χ1n) is 6.97. The second kappa shape index (κ2) is 6.98. The number of aromatic nitrogens is 1. The zero-order valence-corrected chi connectivity index (χ0v) is 13.5. The number of primary amides is 1. The smallest absolute Gasteiger partial charge is 0.366 e. The van der Waals surface area contributed by atoms with E-state index >= 15 is 0 Å². The molecule has 0 aliphatic rings. The van der Waals surface area contributed by atoms with E-state index in [0.29, 0.717) is 22.3 Å². The number of nitrogens with one attached hydrogen (secondary N) is 1. The number of pyridine rings is 1. The van der Waals surface area contributed by atoms with Gasteiger partial charge in [0.2, 0.25) is 5.91 Å². The van der Waals surface area contributed by atoms with Gasteiger partial charge in [-0.05, 0) is 42.5 Å². The maximum Gasteiger partial charge on any atom is 0.416 e. The molecule has 1 amide bonds. The quantitative estimate of drug-likeness (QED) is 0.715. The van der Waals surface area contributed by atoms with Crippen LogP contribution in [0.2, 0.25) is 0 Å². The summed E-state index contributed by atoms with van der Waals surface area (Å²) in [7, 11) is 0. The van der Waals surface area contributed by atoms with Gasteiger partial charge in [-0.3, -0.25) is 9.78 Å². The third-order valence-electron chi connectivity index (χ3n) is 3.52. The van der Waals surface area contributed by atoms with Gasteiger partial charge in [0.1, 0.15) is 0 Å². The molecule has 0 unspecified atom stereocenters. The Morgan fingerprint density at radius 2 is 1.72 bits per heavy atom. The molecule has 0 aliphatic heterocycles. The van der Waals surface area contributed by atoms with Gasteiger partial charge in [-0.15, -0.1) is 12.4 Å².